The predicted octanol–water partition coefficient (Wildman–Crippen LogP) is -1.83. The summed E-state index contributed by atoms with van der Waals surface area (Å²) < 4.78 is 0. The van der Waals surface area contributed by atoms with Crippen molar-refractivity contribution >= 4 is 17.8 Å². The van der Waals surface area contributed by atoms with E-state index in [-0.39, 0.29) is 12.8 Å². The molecule has 2 amide bonds. The highest BCUT2D eigenvalue weighted by molar-refractivity contribution is 5.86. The first-order valence-corrected chi connectivity index (χ1v) is 4.41. The van der Waals surface area contributed by atoms with Gasteiger partial charge < -0.3 is 21.9 Å². The van der Waals surface area contributed by atoms with E-state index in [1.807, 2.05) is 0 Å². The summed E-state index contributed by atoms with van der Waals surface area (Å²) in [5, 5.41) is 10.7. The number of aliphatic carboxylic acids is 1. The minimum atomic E-state index is -1.16. The maximum Gasteiger partial charge on any atom is 0.320 e. The molecule has 7 heteroatoms. The average Bonchev–Trinajstić information content (AvgIpc) is 2.13. The van der Waals surface area contributed by atoms with Crippen molar-refractivity contribution in [3.63, 3.8) is 0 Å². The normalized spacial score (nSPS) is 14.0. The van der Waals surface area contributed by atoms with Crippen LogP contribution in [0.3, 0.4) is 0 Å². The number of nitrogens with two attached hydrogens (primary N) is 2. The zero-order valence-corrected chi connectivity index (χ0v) is 8.40. The van der Waals surface area contributed by atoms with Crippen molar-refractivity contribution in [1.29, 1.82) is 0 Å². The van der Waals surface area contributed by atoms with Crippen molar-refractivity contribution in [3.8, 4) is 0 Å². The monoisotopic (exact) mass is 217 g/mol. The molecule has 0 aliphatic heterocycles. The van der Waals surface area contributed by atoms with E-state index in [9.17, 15) is 14.4 Å². The van der Waals surface area contributed by atoms with Gasteiger partial charge in [0, 0.05) is 6.42 Å². The highest BCUT2D eigenvalue weighted by atomic mass is 16.4. The third kappa shape index (κ3) is 5.63. The van der Waals surface area contributed by atoms with Gasteiger partial charge in [-0.15, -0.1) is 0 Å². The summed E-state index contributed by atoms with van der Waals surface area (Å²) >= 11 is 0. The number of hydrogen-bond donors (Lipinski definition) is 4. The van der Waals surface area contributed by atoms with E-state index in [2.05, 4.69) is 5.32 Å². The van der Waals surface area contributed by atoms with Crippen LogP contribution >= 0.6 is 0 Å². The molecule has 0 aromatic heterocycles. The first kappa shape index (κ1) is 13.4. The van der Waals surface area contributed by atoms with E-state index in [4.69, 9.17) is 16.6 Å². The van der Waals surface area contributed by atoms with Gasteiger partial charge in [-0.2, -0.15) is 0 Å². The predicted molar refractivity (Wildman–Crippen MR) is 51.6 cm³/mol. The molecule has 0 aliphatic rings. The first-order chi connectivity index (χ1) is 6.84. The van der Waals surface area contributed by atoms with E-state index in [1.165, 1.54) is 6.92 Å². The maximum absolute atomic E-state index is 11.1. The SMILES string of the molecule is CC(NC(=O)CC[C@H](N)C(=O)O)C(N)=O. The minimum Gasteiger partial charge on any atom is -0.480 e. The number of amides is 2. The van der Waals surface area contributed by atoms with Gasteiger partial charge in [0.2, 0.25) is 11.8 Å². The van der Waals surface area contributed by atoms with Crippen LogP contribution in [-0.2, 0) is 14.4 Å². The van der Waals surface area contributed by atoms with Crippen molar-refractivity contribution in [2.45, 2.75) is 31.8 Å². The molecule has 15 heavy (non-hydrogen) atoms. The molecule has 0 aliphatic carbocycles. The molecule has 2 atom stereocenters. The Hall–Kier alpha value is -1.63. The Balaban J connectivity index is 3.85. The smallest absolute Gasteiger partial charge is 0.320 e. The topological polar surface area (TPSA) is 136 Å². The van der Waals surface area contributed by atoms with Crippen LogP contribution in [0.4, 0.5) is 0 Å². The van der Waals surface area contributed by atoms with E-state index in [0.717, 1.165) is 0 Å². The molecule has 0 spiro atoms. The lowest BCUT2D eigenvalue weighted by Gasteiger charge is -2.10. The van der Waals surface area contributed by atoms with Gasteiger partial charge in [-0.05, 0) is 13.3 Å². The lowest BCUT2D eigenvalue weighted by Crippen LogP contribution is -2.42. The van der Waals surface area contributed by atoms with Crippen LogP contribution in [0.2, 0.25) is 0 Å². The second-order valence-corrected chi connectivity index (χ2v) is 3.17. The Morgan fingerprint density at radius 1 is 1.40 bits per heavy atom. The number of carbonyl (C=O) groups is 3. The number of rotatable bonds is 6. The third-order valence-electron chi connectivity index (χ3n) is 1.80. The van der Waals surface area contributed by atoms with Gasteiger partial charge in [0.05, 0.1) is 0 Å². The standard InChI is InChI=1S/C8H15N3O4/c1-4(7(10)13)11-6(12)3-2-5(9)8(14)15/h4-5H,2-3,9H2,1H3,(H2,10,13)(H,11,12)(H,14,15)/t4?,5-/m0/s1. The molecular weight excluding hydrogens is 202 g/mol. The summed E-state index contributed by atoms with van der Waals surface area (Å²) in [5.41, 5.74) is 10.1. The lowest BCUT2D eigenvalue weighted by atomic mass is 10.1. The molecule has 0 aromatic carbocycles. The molecule has 1 unspecified atom stereocenters. The number of hydrogen-bond acceptors (Lipinski definition) is 4. The van der Waals surface area contributed by atoms with Crippen LogP contribution in [0.15, 0.2) is 0 Å². The van der Waals surface area contributed by atoms with Crippen molar-refractivity contribution in [2.75, 3.05) is 0 Å². The van der Waals surface area contributed by atoms with E-state index in [0.29, 0.717) is 0 Å². The summed E-state index contributed by atoms with van der Waals surface area (Å²) in [6.07, 6.45) is -0.0300. The van der Waals surface area contributed by atoms with Gasteiger partial charge in [0.25, 0.3) is 0 Å². The fraction of sp³-hybridized carbons (Fsp3) is 0.625. The summed E-state index contributed by atoms with van der Waals surface area (Å²) in [7, 11) is 0. The number of primary amides is 1. The zero-order chi connectivity index (χ0) is 12.0. The van der Waals surface area contributed by atoms with Crippen LogP contribution in [0, 0.1) is 0 Å². The van der Waals surface area contributed by atoms with E-state index in [1.54, 1.807) is 0 Å². The largest absolute Gasteiger partial charge is 0.480 e. The van der Waals surface area contributed by atoms with Crippen LogP contribution in [0.5, 0.6) is 0 Å². The molecule has 0 rings (SSSR count). The van der Waals surface area contributed by atoms with E-state index >= 15 is 0 Å². The first-order valence-electron chi connectivity index (χ1n) is 4.41. The quantitative estimate of drug-likeness (QED) is 0.415. The number of nitrogens with one attached hydrogen (secondary N) is 1. The number of carboxylic acids is 1. The van der Waals surface area contributed by atoms with Crippen molar-refractivity contribution in [1.82, 2.24) is 5.32 Å². The summed E-state index contributed by atoms with van der Waals surface area (Å²) in [5.74, 6) is -2.25. The second-order valence-electron chi connectivity index (χ2n) is 3.17. The van der Waals surface area contributed by atoms with Gasteiger partial charge in [-0.1, -0.05) is 0 Å². The van der Waals surface area contributed by atoms with Crippen molar-refractivity contribution in [3.05, 3.63) is 0 Å². The van der Waals surface area contributed by atoms with Gasteiger partial charge in [0.1, 0.15) is 12.1 Å². The molecule has 0 radical (unpaired) electrons. The summed E-state index contributed by atoms with van der Waals surface area (Å²) in [4.78, 5) is 32.0. The van der Waals surface area contributed by atoms with Gasteiger partial charge in [0.15, 0.2) is 0 Å². The Morgan fingerprint density at radius 3 is 2.33 bits per heavy atom. The molecule has 0 saturated heterocycles. The number of carboxylic acid groups (broad SMARTS) is 1. The van der Waals surface area contributed by atoms with Gasteiger partial charge in [-0.3, -0.25) is 14.4 Å². The summed E-state index contributed by atoms with van der Waals surface area (Å²) in [6, 6.07) is -1.84. The molecule has 0 aromatic rings. The Bertz CT molecular complexity index is 267. The zero-order valence-electron chi connectivity index (χ0n) is 8.40. The fourth-order valence-electron chi connectivity index (χ4n) is 0.795. The Labute approximate surface area is 86.8 Å². The maximum atomic E-state index is 11.1. The highest BCUT2D eigenvalue weighted by Gasteiger charge is 2.16. The molecule has 0 bridgehead atoms. The van der Waals surface area contributed by atoms with Crippen molar-refractivity contribution in [2.24, 2.45) is 11.5 Å². The van der Waals surface area contributed by atoms with Gasteiger partial charge >= 0.3 is 5.97 Å². The van der Waals surface area contributed by atoms with E-state index < -0.39 is 29.9 Å². The molecule has 0 fully saturated rings. The third-order valence-corrected chi connectivity index (χ3v) is 1.80. The number of carbonyl (C=O) groups excluding carboxylic acids is 2. The lowest BCUT2D eigenvalue weighted by molar-refractivity contribution is -0.138. The van der Waals surface area contributed by atoms with Crippen molar-refractivity contribution < 1.29 is 19.5 Å². The molecule has 0 heterocycles. The Morgan fingerprint density at radius 2 is 1.93 bits per heavy atom. The molecule has 0 saturated carbocycles. The second kappa shape index (κ2) is 5.97. The van der Waals surface area contributed by atoms with Crippen LogP contribution in [0.1, 0.15) is 19.8 Å². The minimum absolute atomic E-state index is 0.0205. The van der Waals surface area contributed by atoms with Crippen LogP contribution in [0.25, 0.3) is 0 Å². The molecular formula is C8H15N3O4. The van der Waals surface area contributed by atoms with Crippen LogP contribution < -0.4 is 16.8 Å². The Kier molecular flexibility index (Phi) is 5.32. The van der Waals surface area contributed by atoms with Gasteiger partial charge in [-0.25, -0.2) is 0 Å². The summed E-state index contributed by atoms with van der Waals surface area (Å²) in [6.45, 7) is 1.44. The fourth-order valence-corrected chi connectivity index (χ4v) is 0.795. The highest BCUT2D eigenvalue weighted by Crippen LogP contribution is 1.95. The molecule has 6 N–H and O–H groups in total. The molecule has 7 nitrogen and oxygen atoms in total. The molecule has 86 valence electrons. The average molecular weight is 217 g/mol. The van der Waals surface area contributed by atoms with Crippen LogP contribution in [-0.4, -0.2) is 35.0 Å².